The van der Waals surface area contributed by atoms with Gasteiger partial charge in [0.2, 0.25) is 0 Å². The molecule has 0 saturated carbocycles. The molecule has 0 saturated heterocycles. The number of anilines is 1. The van der Waals surface area contributed by atoms with Gasteiger partial charge in [-0.2, -0.15) is 0 Å². The van der Waals surface area contributed by atoms with Crippen molar-refractivity contribution in [2.75, 3.05) is 5.32 Å². The first-order valence-corrected chi connectivity index (χ1v) is 6.94. The largest absolute Gasteiger partial charge is 0.361 e. The van der Waals surface area contributed by atoms with E-state index >= 15 is 0 Å². The van der Waals surface area contributed by atoms with Crippen molar-refractivity contribution in [1.82, 2.24) is 4.98 Å². The Balaban J connectivity index is 1.98. The first-order valence-electron chi connectivity index (χ1n) is 6.94. The van der Waals surface area contributed by atoms with Crippen LogP contribution in [0, 0.1) is 0 Å². The summed E-state index contributed by atoms with van der Waals surface area (Å²) in [4.78, 5) is 15.6. The number of hydrogen-bond acceptors (Lipinski definition) is 1. The van der Waals surface area contributed by atoms with E-state index in [-0.39, 0.29) is 5.91 Å². The number of carbonyl (C=O) groups excluding carboxylic acids is 1. The number of aromatic amines is 1. The van der Waals surface area contributed by atoms with Gasteiger partial charge in [-0.3, -0.25) is 4.79 Å². The van der Waals surface area contributed by atoms with E-state index in [1.54, 1.807) is 0 Å². The Hall–Kier alpha value is -2.81. The number of fused-ring (bicyclic) bond motifs is 2. The van der Waals surface area contributed by atoms with Gasteiger partial charge in [-0.1, -0.05) is 36.4 Å². The number of allylic oxidation sites excluding steroid dienone is 1. The average molecular weight is 274 g/mol. The van der Waals surface area contributed by atoms with Crippen LogP contribution < -0.4 is 5.32 Å². The van der Waals surface area contributed by atoms with E-state index in [1.165, 1.54) is 0 Å². The third kappa shape index (κ3) is 1.71. The molecule has 0 atom stereocenters. The number of aromatic nitrogens is 1. The van der Waals surface area contributed by atoms with Crippen molar-refractivity contribution in [2.24, 2.45) is 0 Å². The smallest absolute Gasteiger partial charge is 0.256 e. The summed E-state index contributed by atoms with van der Waals surface area (Å²) in [6, 6.07) is 15.9. The summed E-state index contributed by atoms with van der Waals surface area (Å²) in [7, 11) is 0. The first-order chi connectivity index (χ1) is 10.3. The van der Waals surface area contributed by atoms with Gasteiger partial charge in [-0.15, -0.1) is 0 Å². The summed E-state index contributed by atoms with van der Waals surface area (Å²) in [5, 5.41) is 4.07. The van der Waals surface area contributed by atoms with Crippen molar-refractivity contribution in [2.45, 2.75) is 6.92 Å². The highest BCUT2D eigenvalue weighted by molar-refractivity contribution is 6.37. The second kappa shape index (κ2) is 4.35. The fourth-order valence-electron chi connectivity index (χ4n) is 3.01. The number of benzene rings is 2. The Bertz CT molecular complexity index is 902. The fourth-order valence-corrected chi connectivity index (χ4v) is 3.01. The van der Waals surface area contributed by atoms with Crippen LogP contribution in [0.25, 0.3) is 22.0 Å². The standard InChI is InChI=1S/C18H14N2O/c1-11(14-10-19-15-8-4-2-6-12(14)15)17-13-7-3-5-9-16(13)20-18(17)21/h2-10,19H,1H3,(H,20,21). The first kappa shape index (κ1) is 12.0. The van der Waals surface area contributed by atoms with E-state index in [1.807, 2.05) is 55.6 Å². The molecule has 0 radical (unpaired) electrons. The van der Waals surface area contributed by atoms with Gasteiger partial charge in [0.25, 0.3) is 5.91 Å². The molecule has 3 aromatic rings. The minimum Gasteiger partial charge on any atom is -0.361 e. The number of H-pyrrole nitrogens is 1. The minimum absolute atomic E-state index is 0.0287. The Kier molecular flexibility index (Phi) is 2.48. The second-order valence-electron chi connectivity index (χ2n) is 5.25. The predicted octanol–water partition coefficient (Wildman–Crippen LogP) is 4.05. The summed E-state index contributed by atoms with van der Waals surface area (Å²) in [6.45, 7) is 2.01. The molecule has 0 bridgehead atoms. The van der Waals surface area contributed by atoms with Crippen molar-refractivity contribution in [3.05, 3.63) is 65.9 Å². The average Bonchev–Trinajstić information content (AvgIpc) is 3.06. The van der Waals surface area contributed by atoms with Crippen molar-refractivity contribution in [1.29, 1.82) is 0 Å². The van der Waals surface area contributed by atoms with Crippen LogP contribution in [-0.4, -0.2) is 10.9 Å². The summed E-state index contributed by atoms with van der Waals surface area (Å²) in [5.41, 5.74) is 5.78. The second-order valence-corrected chi connectivity index (χ2v) is 5.25. The molecule has 1 aromatic heterocycles. The van der Waals surface area contributed by atoms with E-state index in [4.69, 9.17) is 0 Å². The molecular weight excluding hydrogens is 260 g/mol. The van der Waals surface area contributed by atoms with Crippen LogP contribution >= 0.6 is 0 Å². The number of para-hydroxylation sites is 2. The molecular formula is C18H14N2O. The lowest BCUT2D eigenvalue weighted by atomic mass is 9.96. The highest BCUT2D eigenvalue weighted by Crippen LogP contribution is 2.38. The van der Waals surface area contributed by atoms with Gasteiger partial charge in [-0.25, -0.2) is 0 Å². The summed E-state index contributed by atoms with van der Waals surface area (Å²) in [6.07, 6.45) is 1.97. The Morgan fingerprint density at radius 3 is 2.67 bits per heavy atom. The molecule has 1 aliphatic heterocycles. The highest BCUT2D eigenvalue weighted by Gasteiger charge is 2.26. The fraction of sp³-hybridized carbons (Fsp3) is 0.0556. The molecule has 4 rings (SSSR count). The van der Waals surface area contributed by atoms with Gasteiger partial charge in [-0.05, 0) is 24.6 Å². The molecule has 2 heterocycles. The normalized spacial score (nSPS) is 16.0. The topological polar surface area (TPSA) is 44.9 Å². The van der Waals surface area contributed by atoms with Crippen molar-refractivity contribution < 1.29 is 4.79 Å². The van der Waals surface area contributed by atoms with E-state index < -0.39 is 0 Å². The van der Waals surface area contributed by atoms with Crippen molar-refractivity contribution in [3.63, 3.8) is 0 Å². The van der Waals surface area contributed by atoms with Crippen LogP contribution in [-0.2, 0) is 4.79 Å². The maximum atomic E-state index is 12.3. The molecule has 2 aromatic carbocycles. The van der Waals surface area contributed by atoms with Gasteiger partial charge in [0, 0.05) is 33.9 Å². The lowest BCUT2D eigenvalue weighted by Gasteiger charge is -2.05. The van der Waals surface area contributed by atoms with Gasteiger partial charge in [0.05, 0.1) is 5.57 Å². The number of hydrogen-bond donors (Lipinski definition) is 2. The monoisotopic (exact) mass is 274 g/mol. The third-order valence-electron chi connectivity index (χ3n) is 4.04. The lowest BCUT2D eigenvalue weighted by Crippen LogP contribution is -2.05. The lowest BCUT2D eigenvalue weighted by molar-refractivity contribution is -0.110. The molecule has 1 amide bonds. The molecule has 0 aliphatic carbocycles. The quantitative estimate of drug-likeness (QED) is 0.646. The van der Waals surface area contributed by atoms with E-state index in [9.17, 15) is 4.79 Å². The Labute approximate surface area is 122 Å². The number of rotatable bonds is 1. The van der Waals surface area contributed by atoms with Crippen LogP contribution in [0.3, 0.4) is 0 Å². The van der Waals surface area contributed by atoms with Gasteiger partial charge >= 0.3 is 0 Å². The summed E-state index contributed by atoms with van der Waals surface area (Å²) >= 11 is 0. The third-order valence-corrected chi connectivity index (χ3v) is 4.04. The predicted molar refractivity (Wildman–Crippen MR) is 85.9 cm³/mol. The van der Waals surface area contributed by atoms with Crippen LogP contribution in [0.5, 0.6) is 0 Å². The van der Waals surface area contributed by atoms with Gasteiger partial charge in [0.15, 0.2) is 0 Å². The van der Waals surface area contributed by atoms with E-state index in [2.05, 4.69) is 16.4 Å². The molecule has 21 heavy (non-hydrogen) atoms. The van der Waals surface area contributed by atoms with Crippen LogP contribution in [0.2, 0.25) is 0 Å². The van der Waals surface area contributed by atoms with E-state index in [0.29, 0.717) is 0 Å². The number of nitrogens with one attached hydrogen (secondary N) is 2. The molecule has 0 unspecified atom stereocenters. The van der Waals surface area contributed by atoms with Gasteiger partial charge in [0.1, 0.15) is 0 Å². The number of amides is 1. The van der Waals surface area contributed by atoms with Crippen molar-refractivity contribution in [3.8, 4) is 0 Å². The van der Waals surface area contributed by atoms with E-state index in [0.717, 1.165) is 38.9 Å². The zero-order valence-electron chi connectivity index (χ0n) is 11.6. The molecule has 102 valence electrons. The SMILES string of the molecule is CC(=C1C(=O)Nc2ccccc21)c1c[nH]c2ccccc12. The van der Waals surface area contributed by atoms with Crippen LogP contribution in [0.1, 0.15) is 18.1 Å². The zero-order valence-corrected chi connectivity index (χ0v) is 11.6. The molecule has 2 N–H and O–H groups in total. The summed E-state index contributed by atoms with van der Waals surface area (Å²) in [5.74, 6) is -0.0287. The maximum Gasteiger partial charge on any atom is 0.256 e. The maximum absolute atomic E-state index is 12.3. The zero-order chi connectivity index (χ0) is 14.4. The molecule has 0 fully saturated rings. The Morgan fingerprint density at radius 1 is 1.00 bits per heavy atom. The minimum atomic E-state index is -0.0287. The van der Waals surface area contributed by atoms with Gasteiger partial charge < -0.3 is 10.3 Å². The Morgan fingerprint density at radius 2 is 1.76 bits per heavy atom. The van der Waals surface area contributed by atoms with Crippen molar-refractivity contribution >= 4 is 33.6 Å². The molecule has 1 aliphatic rings. The molecule has 0 spiro atoms. The van der Waals surface area contributed by atoms with Crippen LogP contribution in [0.4, 0.5) is 5.69 Å². The molecule has 3 nitrogen and oxygen atoms in total. The number of carbonyl (C=O) groups is 1. The van der Waals surface area contributed by atoms with Crippen LogP contribution in [0.15, 0.2) is 54.7 Å². The molecule has 3 heteroatoms. The highest BCUT2D eigenvalue weighted by atomic mass is 16.2. The summed E-state index contributed by atoms with van der Waals surface area (Å²) < 4.78 is 0.